The summed E-state index contributed by atoms with van der Waals surface area (Å²) in [5.41, 5.74) is 7.93. The Hall–Kier alpha value is -0.610. The van der Waals surface area contributed by atoms with Crippen LogP contribution in [0.3, 0.4) is 0 Å². The zero-order valence-electron chi connectivity index (χ0n) is 6.79. The van der Waals surface area contributed by atoms with Crippen LogP contribution in [0.25, 0.3) is 0 Å². The Balaban J connectivity index is 2.36. The van der Waals surface area contributed by atoms with Gasteiger partial charge in [-0.05, 0) is 17.7 Å². The highest BCUT2D eigenvalue weighted by molar-refractivity contribution is 7.98. The molecule has 0 unspecified atom stereocenters. The summed E-state index contributed by atoms with van der Waals surface area (Å²) in [5, 5.41) is 0. The number of thioether (sulfide) groups is 1. The molecule has 0 amide bonds. The minimum absolute atomic E-state index is 0.442. The molecular weight excluding hydrogens is 170 g/mol. The molecule has 1 aromatic rings. The van der Waals surface area contributed by atoms with Crippen LogP contribution in [0.4, 0.5) is 0 Å². The molecule has 0 aliphatic carbocycles. The second kappa shape index (κ2) is 3.41. The lowest BCUT2D eigenvalue weighted by Gasteiger charge is -2.13. The molecule has 0 fully saturated rings. The van der Waals surface area contributed by atoms with Gasteiger partial charge in [0.15, 0.2) is 0 Å². The first kappa shape index (κ1) is 8.01. The molecule has 0 aromatic carbocycles. The summed E-state index contributed by atoms with van der Waals surface area (Å²) in [7, 11) is 0. The zero-order valence-corrected chi connectivity index (χ0v) is 7.60. The molecule has 0 bridgehead atoms. The third kappa shape index (κ3) is 1.44. The summed E-state index contributed by atoms with van der Waals surface area (Å²) in [6, 6.07) is 0. The quantitative estimate of drug-likeness (QED) is 0.693. The number of nitrogens with two attached hydrogens (primary N) is 1. The monoisotopic (exact) mass is 181 g/mol. The van der Waals surface area contributed by atoms with Gasteiger partial charge in [0.25, 0.3) is 0 Å². The van der Waals surface area contributed by atoms with E-state index in [0.717, 1.165) is 18.0 Å². The first-order valence-electron chi connectivity index (χ1n) is 4.01. The molecule has 1 aliphatic heterocycles. The van der Waals surface area contributed by atoms with Crippen LogP contribution in [0.15, 0.2) is 6.20 Å². The van der Waals surface area contributed by atoms with Crippen LogP contribution in [0, 0.1) is 0 Å². The zero-order chi connectivity index (χ0) is 8.39. The van der Waals surface area contributed by atoms with Gasteiger partial charge < -0.3 is 5.73 Å². The molecule has 2 heterocycles. The van der Waals surface area contributed by atoms with E-state index in [9.17, 15) is 0 Å². The minimum Gasteiger partial charge on any atom is -0.324 e. The number of hydrogen-bond acceptors (Lipinski definition) is 4. The number of fused-ring (bicyclic) bond motifs is 1. The molecule has 1 aromatic heterocycles. The molecule has 0 saturated heterocycles. The molecule has 1 aliphatic rings. The number of rotatable bonds is 1. The van der Waals surface area contributed by atoms with Crippen molar-refractivity contribution in [2.45, 2.75) is 18.7 Å². The average Bonchev–Trinajstić information content (AvgIpc) is 2.17. The van der Waals surface area contributed by atoms with Gasteiger partial charge in [-0.25, -0.2) is 9.97 Å². The summed E-state index contributed by atoms with van der Waals surface area (Å²) in [4.78, 5) is 8.54. The van der Waals surface area contributed by atoms with Crippen LogP contribution in [-0.2, 0) is 18.7 Å². The average molecular weight is 181 g/mol. The Morgan fingerprint density at radius 2 is 2.50 bits per heavy atom. The second-order valence-corrected chi connectivity index (χ2v) is 3.87. The molecule has 3 nitrogen and oxygen atoms in total. The van der Waals surface area contributed by atoms with Gasteiger partial charge in [-0.15, -0.1) is 0 Å². The fourth-order valence-corrected chi connectivity index (χ4v) is 2.22. The molecule has 0 radical (unpaired) electrons. The molecule has 4 heteroatoms. The second-order valence-electron chi connectivity index (χ2n) is 2.76. The predicted octanol–water partition coefficient (Wildman–Crippen LogP) is 0.725. The van der Waals surface area contributed by atoms with E-state index in [0.29, 0.717) is 6.54 Å². The van der Waals surface area contributed by atoms with E-state index >= 15 is 0 Å². The van der Waals surface area contributed by atoms with E-state index < -0.39 is 0 Å². The van der Waals surface area contributed by atoms with Crippen LogP contribution in [0.2, 0.25) is 0 Å². The van der Waals surface area contributed by atoms with E-state index in [-0.39, 0.29) is 0 Å². The van der Waals surface area contributed by atoms with Crippen LogP contribution in [0.1, 0.15) is 17.1 Å². The molecular formula is C8H11N3S. The molecule has 64 valence electrons. The van der Waals surface area contributed by atoms with Crippen molar-refractivity contribution in [3.05, 3.63) is 23.3 Å². The third-order valence-corrected chi connectivity index (χ3v) is 2.91. The van der Waals surface area contributed by atoms with Gasteiger partial charge in [0, 0.05) is 11.9 Å². The minimum atomic E-state index is 0.442. The summed E-state index contributed by atoms with van der Waals surface area (Å²) in [6.45, 7) is 0.442. The van der Waals surface area contributed by atoms with Crippen molar-refractivity contribution in [1.82, 2.24) is 9.97 Å². The van der Waals surface area contributed by atoms with Crippen LogP contribution >= 0.6 is 11.8 Å². The van der Waals surface area contributed by atoms with Crippen molar-refractivity contribution in [1.29, 1.82) is 0 Å². The highest BCUT2D eigenvalue weighted by Crippen LogP contribution is 2.21. The normalized spacial score (nSPS) is 15.8. The third-order valence-electron chi connectivity index (χ3n) is 1.94. The summed E-state index contributed by atoms with van der Waals surface area (Å²) >= 11 is 1.93. The van der Waals surface area contributed by atoms with Gasteiger partial charge >= 0.3 is 0 Å². The van der Waals surface area contributed by atoms with Gasteiger partial charge in [0.05, 0.1) is 12.2 Å². The highest BCUT2D eigenvalue weighted by Gasteiger charge is 2.11. The van der Waals surface area contributed by atoms with E-state index in [2.05, 4.69) is 9.97 Å². The SMILES string of the molecule is NCc1ncc2c(n1)CSCC2. The van der Waals surface area contributed by atoms with Crippen molar-refractivity contribution in [3.8, 4) is 0 Å². The smallest absolute Gasteiger partial charge is 0.142 e. The van der Waals surface area contributed by atoms with Crippen molar-refractivity contribution in [2.24, 2.45) is 5.73 Å². The lowest BCUT2D eigenvalue weighted by Crippen LogP contribution is -2.10. The number of aromatic nitrogens is 2. The highest BCUT2D eigenvalue weighted by atomic mass is 32.2. The van der Waals surface area contributed by atoms with Gasteiger partial charge in [-0.1, -0.05) is 0 Å². The fourth-order valence-electron chi connectivity index (χ4n) is 1.27. The largest absolute Gasteiger partial charge is 0.324 e. The Morgan fingerprint density at radius 1 is 1.58 bits per heavy atom. The number of aryl methyl sites for hydroxylation is 1. The Kier molecular flexibility index (Phi) is 2.28. The van der Waals surface area contributed by atoms with Crippen LogP contribution in [0.5, 0.6) is 0 Å². The van der Waals surface area contributed by atoms with Gasteiger partial charge in [0.1, 0.15) is 5.82 Å². The van der Waals surface area contributed by atoms with Gasteiger partial charge in [0.2, 0.25) is 0 Å². The van der Waals surface area contributed by atoms with E-state index in [1.165, 1.54) is 17.0 Å². The summed E-state index contributed by atoms with van der Waals surface area (Å²) < 4.78 is 0. The van der Waals surface area contributed by atoms with Crippen LogP contribution in [-0.4, -0.2) is 15.7 Å². The maximum Gasteiger partial charge on any atom is 0.142 e. The Morgan fingerprint density at radius 3 is 3.33 bits per heavy atom. The molecule has 2 rings (SSSR count). The standard InChI is InChI=1S/C8H11N3S/c9-3-8-10-4-6-1-2-12-5-7(6)11-8/h4H,1-3,5,9H2. The van der Waals surface area contributed by atoms with Crippen molar-refractivity contribution >= 4 is 11.8 Å². The fraction of sp³-hybridized carbons (Fsp3) is 0.500. The predicted molar refractivity (Wildman–Crippen MR) is 49.8 cm³/mol. The van der Waals surface area contributed by atoms with Crippen molar-refractivity contribution in [2.75, 3.05) is 5.75 Å². The van der Waals surface area contributed by atoms with Crippen molar-refractivity contribution in [3.63, 3.8) is 0 Å². The summed E-state index contributed by atoms with van der Waals surface area (Å²) in [6.07, 6.45) is 3.02. The number of nitrogens with zero attached hydrogens (tertiary/aromatic N) is 2. The number of hydrogen-bond donors (Lipinski definition) is 1. The maximum absolute atomic E-state index is 5.45. The van der Waals surface area contributed by atoms with E-state index in [1.807, 2.05) is 18.0 Å². The molecule has 0 atom stereocenters. The van der Waals surface area contributed by atoms with E-state index in [1.54, 1.807) is 0 Å². The van der Waals surface area contributed by atoms with Crippen LogP contribution < -0.4 is 5.73 Å². The van der Waals surface area contributed by atoms with Gasteiger partial charge in [-0.2, -0.15) is 11.8 Å². The topological polar surface area (TPSA) is 51.8 Å². The molecule has 0 saturated carbocycles. The van der Waals surface area contributed by atoms with Gasteiger partial charge in [-0.3, -0.25) is 0 Å². The molecule has 12 heavy (non-hydrogen) atoms. The molecule has 0 spiro atoms. The Bertz CT molecular complexity index is 288. The Labute approximate surface area is 75.8 Å². The lowest BCUT2D eigenvalue weighted by atomic mass is 10.2. The first-order valence-corrected chi connectivity index (χ1v) is 5.17. The van der Waals surface area contributed by atoms with Crippen molar-refractivity contribution < 1.29 is 0 Å². The lowest BCUT2D eigenvalue weighted by molar-refractivity contribution is 0.857. The maximum atomic E-state index is 5.45. The molecule has 2 N–H and O–H groups in total. The first-order chi connectivity index (χ1) is 5.90. The van der Waals surface area contributed by atoms with E-state index in [4.69, 9.17) is 5.73 Å². The summed E-state index contributed by atoms with van der Waals surface area (Å²) in [5.74, 6) is 2.97.